The van der Waals surface area contributed by atoms with Gasteiger partial charge in [0, 0.05) is 16.7 Å². The largest absolute Gasteiger partial charge is 0.394 e. The molecule has 2 fully saturated rings. The molecule has 4 atom stereocenters. The zero-order valence-electron chi connectivity index (χ0n) is 13.1. The molecule has 0 bridgehead atoms. The highest BCUT2D eigenvalue weighted by Gasteiger charge is 2.55. The molecule has 3 rings (SSSR count). The Hall–Kier alpha value is -1.75. The van der Waals surface area contributed by atoms with Gasteiger partial charge in [-0.3, -0.25) is 14.3 Å². The van der Waals surface area contributed by atoms with E-state index in [-0.39, 0.29) is 23.5 Å². The summed E-state index contributed by atoms with van der Waals surface area (Å²) in [6.07, 6.45) is -0.725. The summed E-state index contributed by atoms with van der Waals surface area (Å²) in [7, 11) is 0. The van der Waals surface area contributed by atoms with Gasteiger partial charge in [-0.15, -0.1) is 0 Å². The van der Waals surface area contributed by atoms with Gasteiger partial charge in [0.05, 0.1) is 13.2 Å². The molecular weight excluding hydrogens is 338 g/mol. The van der Waals surface area contributed by atoms with Gasteiger partial charge in [0.2, 0.25) is 0 Å². The van der Waals surface area contributed by atoms with Crippen LogP contribution in [0.15, 0.2) is 16.1 Å². The number of aliphatic hydroxyl groups excluding tert-OH is 1. The van der Waals surface area contributed by atoms with Crippen molar-refractivity contribution in [1.82, 2.24) is 9.55 Å². The molecule has 1 aromatic heterocycles. The molecule has 3 heterocycles. The zero-order chi connectivity index (χ0) is 17.5. The van der Waals surface area contributed by atoms with Crippen LogP contribution in [-0.4, -0.2) is 45.4 Å². The number of aromatic nitrogens is 2. The number of hydrogen-bond acceptors (Lipinski definition) is 7. The monoisotopic (exact) mass is 355 g/mol. The van der Waals surface area contributed by atoms with Crippen LogP contribution in [0.25, 0.3) is 10.4 Å². The Morgan fingerprint density at radius 3 is 2.88 bits per heavy atom. The maximum atomic E-state index is 11.9. The molecule has 130 valence electrons. The van der Waals surface area contributed by atoms with Crippen molar-refractivity contribution in [3.05, 3.63) is 37.3 Å². The van der Waals surface area contributed by atoms with Gasteiger partial charge >= 0.3 is 0 Å². The van der Waals surface area contributed by atoms with Gasteiger partial charge < -0.3 is 19.3 Å². The van der Waals surface area contributed by atoms with Crippen molar-refractivity contribution in [2.45, 2.75) is 50.7 Å². The van der Waals surface area contributed by atoms with Crippen LogP contribution in [0, 0.1) is 4.77 Å². The molecule has 2 aliphatic rings. The van der Waals surface area contributed by atoms with Crippen LogP contribution in [-0.2, 0) is 20.8 Å². The number of rotatable bonds is 4. The normalized spacial score (nSPS) is 30.8. The first-order valence-electron chi connectivity index (χ1n) is 7.33. The van der Waals surface area contributed by atoms with Crippen molar-refractivity contribution in [1.29, 1.82) is 0 Å². The van der Waals surface area contributed by atoms with Gasteiger partial charge in [-0.25, -0.2) is 0 Å². The fraction of sp³-hybridized carbons (Fsp3) is 0.692. The van der Waals surface area contributed by atoms with Gasteiger partial charge in [0.1, 0.15) is 18.3 Å². The highest BCUT2D eigenvalue weighted by atomic mass is 32.1. The number of H-pyrrole nitrogens is 1. The van der Waals surface area contributed by atoms with E-state index in [0.717, 1.165) is 0 Å². The fourth-order valence-electron chi connectivity index (χ4n) is 2.97. The summed E-state index contributed by atoms with van der Waals surface area (Å²) in [6.45, 7) is 3.19. The van der Waals surface area contributed by atoms with Crippen molar-refractivity contribution in [3.8, 4) is 0 Å². The minimum Gasteiger partial charge on any atom is -0.394 e. The van der Waals surface area contributed by atoms with E-state index in [1.54, 1.807) is 13.8 Å². The summed E-state index contributed by atoms with van der Waals surface area (Å²) >= 11 is 5.21. The average Bonchev–Trinajstić information content (AvgIpc) is 2.99. The molecule has 11 heteroatoms. The number of nitrogens with one attached hydrogen (secondary N) is 1. The third-order valence-electron chi connectivity index (χ3n) is 3.93. The molecule has 0 aromatic carbocycles. The smallest absolute Gasteiger partial charge is 0.254 e. The lowest BCUT2D eigenvalue weighted by molar-refractivity contribution is -0.200. The molecule has 2 N–H and O–H groups in total. The minimum absolute atomic E-state index is 0.117. The van der Waals surface area contributed by atoms with Crippen molar-refractivity contribution < 1.29 is 19.3 Å². The highest BCUT2D eigenvalue weighted by Crippen LogP contribution is 2.42. The molecule has 2 saturated heterocycles. The van der Waals surface area contributed by atoms with Crippen LogP contribution in [0.1, 0.15) is 25.6 Å². The molecule has 0 amide bonds. The van der Waals surface area contributed by atoms with E-state index in [1.165, 1.54) is 10.8 Å². The summed E-state index contributed by atoms with van der Waals surface area (Å²) < 4.78 is 19.1. The Kier molecular flexibility index (Phi) is 4.47. The van der Waals surface area contributed by atoms with Gasteiger partial charge in [-0.1, -0.05) is 5.11 Å². The Bertz CT molecular complexity index is 799. The van der Waals surface area contributed by atoms with Gasteiger partial charge in [-0.2, -0.15) is 0 Å². The number of hydrogen-bond donors (Lipinski definition) is 2. The van der Waals surface area contributed by atoms with Crippen LogP contribution in [0.3, 0.4) is 0 Å². The first-order valence-corrected chi connectivity index (χ1v) is 7.74. The van der Waals surface area contributed by atoms with Crippen LogP contribution < -0.4 is 5.56 Å². The molecule has 0 radical (unpaired) electrons. The van der Waals surface area contributed by atoms with Crippen LogP contribution in [0.4, 0.5) is 0 Å². The number of azide groups is 1. The molecule has 0 saturated carbocycles. The van der Waals surface area contributed by atoms with E-state index in [9.17, 15) is 9.90 Å². The summed E-state index contributed by atoms with van der Waals surface area (Å²) in [4.78, 5) is 17.1. The van der Waals surface area contributed by atoms with Crippen molar-refractivity contribution in [2.75, 3.05) is 6.61 Å². The highest BCUT2D eigenvalue weighted by molar-refractivity contribution is 7.71. The van der Waals surface area contributed by atoms with Crippen molar-refractivity contribution in [3.63, 3.8) is 0 Å². The summed E-state index contributed by atoms with van der Waals surface area (Å²) in [5.74, 6) is -0.816. The molecule has 24 heavy (non-hydrogen) atoms. The molecule has 0 aliphatic carbocycles. The number of ether oxygens (including phenoxy) is 3. The van der Waals surface area contributed by atoms with Crippen LogP contribution >= 0.6 is 12.2 Å². The fourth-order valence-corrected chi connectivity index (χ4v) is 3.22. The van der Waals surface area contributed by atoms with E-state index in [1.807, 2.05) is 0 Å². The molecule has 1 unspecified atom stereocenters. The van der Waals surface area contributed by atoms with Gasteiger partial charge in [0.25, 0.3) is 5.56 Å². The second kappa shape index (κ2) is 6.28. The predicted molar refractivity (Wildman–Crippen MR) is 83.6 cm³/mol. The quantitative estimate of drug-likeness (QED) is 0.360. The van der Waals surface area contributed by atoms with Crippen LogP contribution in [0.5, 0.6) is 0 Å². The standard InChI is InChI=1S/C13H17N5O5S/c1-13(2)22-8-7(5-19)21-11(9(8)23-13)18-4-6(3-15-17-14)10(20)16-12(18)24/h4,7-9,11,19H,3,5H2,1-2H3,(H,16,20,24)/t7-,8+,9?,11-/m1/s1. The van der Waals surface area contributed by atoms with E-state index < -0.39 is 35.9 Å². The topological polar surface area (TPSA) is 134 Å². The lowest BCUT2D eigenvalue weighted by Gasteiger charge is -2.25. The number of fused-ring (bicyclic) bond motifs is 1. The number of aliphatic hydroxyl groups is 1. The number of aromatic amines is 1. The predicted octanol–water partition coefficient (Wildman–Crippen LogP) is 1.13. The summed E-state index contributed by atoms with van der Waals surface area (Å²) in [6, 6.07) is 0. The third-order valence-corrected chi connectivity index (χ3v) is 4.24. The SMILES string of the molecule is CC1(C)OC2[C@@H](O1)[C@@H](CO)O[C@H]2n1cc(CN=[N+]=[N-])c(=O)[nH]c1=S. The lowest BCUT2D eigenvalue weighted by Crippen LogP contribution is -2.31. The second-order valence-electron chi connectivity index (χ2n) is 6.02. The molecule has 10 nitrogen and oxygen atoms in total. The average molecular weight is 355 g/mol. The zero-order valence-corrected chi connectivity index (χ0v) is 13.9. The van der Waals surface area contributed by atoms with Gasteiger partial charge in [-0.05, 0) is 31.6 Å². The molecular formula is C13H17N5O5S. The molecule has 1 aromatic rings. The first-order chi connectivity index (χ1) is 11.4. The Labute approximate surface area is 141 Å². The second-order valence-corrected chi connectivity index (χ2v) is 6.41. The molecule has 2 aliphatic heterocycles. The van der Waals surface area contributed by atoms with Crippen molar-refractivity contribution in [2.24, 2.45) is 5.11 Å². The Balaban J connectivity index is 2.00. The molecule has 0 spiro atoms. The third kappa shape index (κ3) is 2.97. The summed E-state index contributed by atoms with van der Waals surface area (Å²) in [5, 5.41) is 12.9. The summed E-state index contributed by atoms with van der Waals surface area (Å²) in [5.41, 5.74) is 8.24. The lowest BCUT2D eigenvalue weighted by atomic mass is 10.1. The van der Waals surface area contributed by atoms with Crippen LogP contribution in [0.2, 0.25) is 0 Å². The van der Waals surface area contributed by atoms with Crippen molar-refractivity contribution >= 4 is 12.2 Å². The maximum absolute atomic E-state index is 11.9. The first kappa shape index (κ1) is 17.1. The van der Waals surface area contributed by atoms with Gasteiger partial charge in [0.15, 0.2) is 16.8 Å². The Morgan fingerprint density at radius 2 is 2.21 bits per heavy atom. The Morgan fingerprint density at radius 1 is 1.50 bits per heavy atom. The van der Waals surface area contributed by atoms with E-state index in [0.29, 0.717) is 0 Å². The van der Waals surface area contributed by atoms with E-state index >= 15 is 0 Å². The van der Waals surface area contributed by atoms with E-state index in [4.69, 9.17) is 32.0 Å². The number of nitrogens with zero attached hydrogens (tertiary/aromatic N) is 4. The van der Waals surface area contributed by atoms with E-state index in [2.05, 4.69) is 15.0 Å². The minimum atomic E-state index is -0.816. The maximum Gasteiger partial charge on any atom is 0.254 e.